The van der Waals surface area contributed by atoms with Crippen LogP contribution in [0.3, 0.4) is 0 Å². The van der Waals surface area contributed by atoms with Crippen LogP contribution in [0.25, 0.3) is 0 Å². The van der Waals surface area contributed by atoms with Crippen LogP contribution in [0.1, 0.15) is 22.3 Å². The molecule has 0 radical (unpaired) electrons. The Morgan fingerprint density at radius 2 is 1.64 bits per heavy atom. The number of sulfonamides is 1. The third-order valence-corrected chi connectivity index (χ3v) is 10.1. The van der Waals surface area contributed by atoms with Crippen LogP contribution in [0.15, 0.2) is 71.6 Å². The summed E-state index contributed by atoms with van der Waals surface area (Å²) < 4.78 is 34.9. The van der Waals surface area contributed by atoms with Crippen LogP contribution in [0, 0.1) is 6.92 Å². The van der Waals surface area contributed by atoms with Gasteiger partial charge in [-0.3, -0.25) is 4.31 Å². The minimum absolute atomic E-state index is 0.360. The van der Waals surface area contributed by atoms with Gasteiger partial charge in [-0.1, -0.05) is 79.8 Å². The SMILES string of the molecule is Cc1ccc(S(=O)(=O)N2CCc3c(CCOCc4ccccc4)ccc([Si](C)(C)C)c32)cc1. The van der Waals surface area contributed by atoms with Crippen LogP contribution in [0.2, 0.25) is 19.6 Å². The third kappa shape index (κ3) is 5.08. The van der Waals surface area contributed by atoms with Crippen LogP contribution in [0.5, 0.6) is 0 Å². The topological polar surface area (TPSA) is 46.6 Å². The smallest absolute Gasteiger partial charge is 0.264 e. The molecule has 0 fully saturated rings. The second-order valence-electron chi connectivity index (χ2n) is 9.78. The van der Waals surface area contributed by atoms with Crippen molar-refractivity contribution >= 4 is 29.0 Å². The number of anilines is 1. The van der Waals surface area contributed by atoms with Crippen molar-refractivity contribution in [3.63, 3.8) is 0 Å². The van der Waals surface area contributed by atoms with Crippen molar-refractivity contribution in [1.29, 1.82) is 0 Å². The van der Waals surface area contributed by atoms with E-state index < -0.39 is 18.1 Å². The Kier molecular flexibility index (Phi) is 6.80. The molecule has 0 aromatic heterocycles. The molecule has 174 valence electrons. The lowest BCUT2D eigenvalue weighted by atomic mass is 10.0. The summed E-state index contributed by atoms with van der Waals surface area (Å²) in [7, 11) is -5.37. The van der Waals surface area contributed by atoms with Crippen molar-refractivity contribution in [2.45, 2.75) is 50.9 Å². The van der Waals surface area contributed by atoms with E-state index in [0.29, 0.717) is 24.7 Å². The van der Waals surface area contributed by atoms with E-state index in [-0.39, 0.29) is 0 Å². The molecule has 33 heavy (non-hydrogen) atoms. The van der Waals surface area contributed by atoms with Crippen LogP contribution in [-0.4, -0.2) is 29.6 Å². The number of benzene rings is 3. The van der Waals surface area contributed by atoms with Crippen molar-refractivity contribution in [2.24, 2.45) is 0 Å². The zero-order valence-electron chi connectivity index (χ0n) is 20.0. The highest BCUT2D eigenvalue weighted by molar-refractivity contribution is 7.92. The molecular formula is C27H33NO3SSi. The first-order valence-corrected chi connectivity index (χ1v) is 16.5. The minimum atomic E-state index is -3.61. The Morgan fingerprint density at radius 1 is 0.939 bits per heavy atom. The van der Waals surface area contributed by atoms with E-state index in [1.807, 2.05) is 37.3 Å². The van der Waals surface area contributed by atoms with Crippen LogP contribution in [-0.2, 0) is 34.2 Å². The Bertz CT molecular complexity index is 1220. The van der Waals surface area contributed by atoms with Crippen molar-refractivity contribution in [3.8, 4) is 0 Å². The minimum Gasteiger partial charge on any atom is -0.376 e. The number of hydrogen-bond acceptors (Lipinski definition) is 3. The van der Waals surface area contributed by atoms with Gasteiger partial charge in [0.05, 0.1) is 31.9 Å². The zero-order valence-corrected chi connectivity index (χ0v) is 21.8. The highest BCUT2D eigenvalue weighted by Gasteiger charge is 2.36. The number of fused-ring (bicyclic) bond motifs is 1. The normalized spacial score (nSPS) is 13.9. The maximum Gasteiger partial charge on any atom is 0.264 e. The molecule has 4 nitrogen and oxygen atoms in total. The molecule has 0 saturated carbocycles. The van der Waals surface area contributed by atoms with E-state index in [1.165, 1.54) is 16.3 Å². The fourth-order valence-corrected chi connectivity index (χ4v) is 7.61. The zero-order chi connectivity index (χ0) is 23.6. The molecule has 0 N–H and O–H groups in total. The second kappa shape index (κ2) is 9.45. The monoisotopic (exact) mass is 479 g/mol. The van der Waals surface area contributed by atoms with Crippen LogP contribution in [0.4, 0.5) is 5.69 Å². The number of rotatable bonds is 8. The van der Waals surface area contributed by atoms with Crippen molar-refractivity contribution in [2.75, 3.05) is 17.5 Å². The summed E-state index contributed by atoms with van der Waals surface area (Å²) in [6.45, 7) is 10.5. The number of hydrogen-bond donors (Lipinski definition) is 0. The maximum absolute atomic E-state index is 13.6. The van der Waals surface area contributed by atoms with Gasteiger partial charge in [0.25, 0.3) is 10.0 Å². The molecule has 0 atom stereocenters. The Balaban J connectivity index is 1.62. The summed E-state index contributed by atoms with van der Waals surface area (Å²) in [4.78, 5) is 0.360. The average molecular weight is 480 g/mol. The van der Waals surface area contributed by atoms with Gasteiger partial charge < -0.3 is 4.74 Å². The molecule has 1 aliphatic rings. The highest BCUT2D eigenvalue weighted by atomic mass is 32.2. The highest BCUT2D eigenvalue weighted by Crippen LogP contribution is 2.35. The average Bonchev–Trinajstić information content (AvgIpc) is 3.23. The summed E-state index contributed by atoms with van der Waals surface area (Å²) in [5.74, 6) is 0. The van der Waals surface area contributed by atoms with Crippen molar-refractivity contribution < 1.29 is 13.2 Å². The van der Waals surface area contributed by atoms with Gasteiger partial charge in [-0.15, -0.1) is 0 Å². The van der Waals surface area contributed by atoms with Crippen molar-refractivity contribution in [3.05, 3.63) is 89.0 Å². The molecule has 0 spiro atoms. The second-order valence-corrected chi connectivity index (χ2v) is 16.7. The summed E-state index contributed by atoms with van der Waals surface area (Å²) in [5, 5.41) is 1.21. The third-order valence-electron chi connectivity index (χ3n) is 6.24. The van der Waals surface area contributed by atoms with Crippen molar-refractivity contribution in [1.82, 2.24) is 0 Å². The van der Waals surface area contributed by atoms with Crippen LogP contribution < -0.4 is 9.49 Å². The Hall–Kier alpha value is -2.41. The quantitative estimate of drug-likeness (QED) is 0.335. The van der Waals surface area contributed by atoms with Gasteiger partial charge in [-0.05, 0) is 53.8 Å². The molecule has 3 aromatic carbocycles. The number of nitrogens with zero attached hydrogens (tertiary/aromatic N) is 1. The molecule has 0 bridgehead atoms. The number of aryl methyl sites for hydroxylation is 1. The largest absolute Gasteiger partial charge is 0.376 e. The molecule has 1 aliphatic heterocycles. The summed E-state index contributed by atoms with van der Waals surface area (Å²) in [6, 6.07) is 21.7. The van der Waals surface area contributed by atoms with Gasteiger partial charge >= 0.3 is 0 Å². The lowest BCUT2D eigenvalue weighted by Crippen LogP contribution is -2.43. The predicted molar refractivity (Wildman–Crippen MR) is 139 cm³/mol. The van der Waals surface area contributed by atoms with Gasteiger partial charge in [-0.2, -0.15) is 0 Å². The van der Waals surface area contributed by atoms with Gasteiger partial charge in [0, 0.05) is 6.54 Å². The van der Waals surface area contributed by atoms with E-state index in [1.54, 1.807) is 16.4 Å². The number of ether oxygens (including phenoxy) is 1. The molecule has 0 saturated heterocycles. The molecule has 0 aliphatic carbocycles. The summed E-state index contributed by atoms with van der Waals surface area (Å²) in [6.07, 6.45) is 1.52. The van der Waals surface area contributed by atoms with E-state index in [4.69, 9.17) is 4.74 Å². The van der Waals surface area contributed by atoms with E-state index in [2.05, 4.69) is 43.9 Å². The maximum atomic E-state index is 13.6. The van der Waals surface area contributed by atoms with E-state index in [0.717, 1.165) is 29.7 Å². The first-order chi connectivity index (χ1) is 15.7. The Labute approximate surface area is 199 Å². The molecule has 1 heterocycles. The predicted octanol–water partition coefficient (Wildman–Crippen LogP) is 5.05. The molecular weight excluding hydrogens is 446 g/mol. The van der Waals surface area contributed by atoms with E-state index in [9.17, 15) is 8.42 Å². The lowest BCUT2D eigenvalue weighted by molar-refractivity contribution is 0.124. The molecule has 4 rings (SSSR count). The van der Waals surface area contributed by atoms with Gasteiger partial charge in [-0.25, -0.2) is 8.42 Å². The summed E-state index contributed by atoms with van der Waals surface area (Å²) >= 11 is 0. The van der Waals surface area contributed by atoms with Gasteiger partial charge in [0.1, 0.15) is 0 Å². The van der Waals surface area contributed by atoms with Gasteiger partial charge in [0.15, 0.2) is 0 Å². The molecule has 6 heteroatoms. The first kappa shape index (κ1) is 23.7. The van der Waals surface area contributed by atoms with E-state index >= 15 is 0 Å². The molecule has 0 unspecified atom stereocenters. The molecule has 0 amide bonds. The summed E-state index contributed by atoms with van der Waals surface area (Å²) in [5.41, 5.74) is 5.51. The van der Waals surface area contributed by atoms with Gasteiger partial charge in [0.2, 0.25) is 0 Å². The fourth-order valence-electron chi connectivity index (χ4n) is 4.43. The Morgan fingerprint density at radius 3 is 2.30 bits per heavy atom. The molecule has 3 aromatic rings. The standard InChI is InChI=1S/C27H33NO3SSi/c1-21-10-13-24(14-11-21)32(29,30)28-18-16-25-23(12-15-26(27(25)28)33(2,3)4)17-19-31-20-22-8-6-5-7-9-22/h5-15H,16-20H2,1-4H3. The fraction of sp³-hybridized carbons (Fsp3) is 0.333. The first-order valence-electron chi connectivity index (χ1n) is 11.5. The van der Waals surface area contributed by atoms with Crippen LogP contribution >= 0.6 is 0 Å². The lowest BCUT2D eigenvalue weighted by Gasteiger charge is -2.28.